The Morgan fingerprint density at radius 3 is 2.33 bits per heavy atom. The molecule has 3 aromatic rings. The van der Waals surface area contributed by atoms with Gasteiger partial charge in [0.2, 0.25) is 6.41 Å². The first kappa shape index (κ1) is 20.7. The van der Waals surface area contributed by atoms with Gasteiger partial charge in [-0.3, -0.25) is 4.79 Å². The summed E-state index contributed by atoms with van der Waals surface area (Å²) in [5.41, 5.74) is 1.76. The van der Waals surface area contributed by atoms with Crippen LogP contribution >= 0.6 is 0 Å². The van der Waals surface area contributed by atoms with Gasteiger partial charge in [-0.15, -0.1) is 0 Å². The Bertz CT molecular complexity index is 961. The Balaban J connectivity index is 1.54. The molecule has 0 aliphatic carbocycles. The molecule has 0 saturated carbocycles. The predicted molar refractivity (Wildman–Crippen MR) is 111 cm³/mol. The van der Waals surface area contributed by atoms with Crippen molar-refractivity contribution in [3.8, 4) is 17.2 Å². The molecule has 0 heterocycles. The average molecular weight is 406 g/mol. The Labute approximate surface area is 174 Å². The second-order valence-corrected chi connectivity index (χ2v) is 6.30. The summed E-state index contributed by atoms with van der Waals surface area (Å²) >= 11 is 0. The lowest BCUT2D eigenvalue weighted by Gasteiger charge is -2.16. The molecule has 7 nitrogen and oxygen atoms in total. The number of carbonyl (C=O) groups excluding carboxylic acids is 2. The number of nitrogens with zero attached hydrogens (tertiary/aromatic N) is 1. The van der Waals surface area contributed by atoms with E-state index in [9.17, 15) is 9.59 Å². The van der Waals surface area contributed by atoms with Crippen LogP contribution in [0, 0.1) is 0 Å². The monoisotopic (exact) mass is 406 g/mol. The van der Waals surface area contributed by atoms with Crippen LogP contribution in [0.3, 0.4) is 0 Å². The zero-order valence-corrected chi connectivity index (χ0v) is 16.5. The maximum absolute atomic E-state index is 11.2. The number of nitrogens with one attached hydrogen (secondary N) is 1. The summed E-state index contributed by atoms with van der Waals surface area (Å²) in [6, 6.07) is 24.5. The van der Waals surface area contributed by atoms with E-state index in [-0.39, 0.29) is 6.54 Å². The number of rotatable bonds is 9. The fourth-order valence-corrected chi connectivity index (χ4v) is 2.60. The minimum Gasteiger partial charge on any atom is -0.489 e. The topological polar surface area (TPSA) is 77.1 Å². The van der Waals surface area contributed by atoms with E-state index in [4.69, 9.17) is 14.3 Å². The molecule has 0 unspecified atom stereocenters. The van der Waals surface area contributed by atoms with Crippen LogP contribution in [0.25, 0.3) is 0 Å². The van der Waals surface area contributed by atoms with E-state index in [1.807, 2.05) is 54.6 Å². The van der Waals surface area contributed by atoms with Crippen molar-refractivity contribution in [3.05, 3.63) is 90.0 Å². The lowest BCUT2D eigenvalue weighted by Crippen LogP contribution is -2.30. The molecule has 154 valence electrons. The SMILES string of the molecule is CNC(=O)ON(C=O)Cc1ccc(OCc2cccc(Oc3ccccc3)c2)cc1. The molecule has 2 amide bonds. The third kappa shape index (κ3) is 6.27. The van der Waals surface area contributed by atoms with Crippen LogP contribution in [0.2, 0.25) is 0 Å². The first-order chi connectivity index (χ1) is 14.7. The molecule has 0 aliphatic heterocycles. The number of carbonyl (C=O) groups is 2. The van der Waals surface area contributed by atoms with E-state index < -0.39 is 6.09 Å². The highest BCUT2D eigenvalue weighted by Crippen LogP contribution is 2.23. The summed E-state index contributed by atoms with van der Waals surface area (Å²) < 4.78 is 11.7. The van der Waals surface area contributed by atoms with E-state index >= 15 is 0 Å². The summed E-state index contributed by atoms with van der Waals surface area (Å²) in [6.45, 7) is 0.516. The van der Waals surface area contributed by atoms with Gasteiger partial charge in [0.25, 0.3) is 0 Å². The van der Waals surface area contributed by atoms with Crippen LogP contribution in [-0.4, -0.2) is 24.6 Å². The number of hydrogen-bond acceptors (Lipinski definition) is 5. The Kier molecular flexibility index (Phi) is 7.27. The van der Waals surface area contributed by atoms with Gasteiger partial charge in [0.1, 0.15) is 23.9 Å². The molecule has 1 N–H and O–H groups in total. The van der Waals surface area contributed by atoms with Crippen LogP contribution < -0.4 is 14.8 Å². The zero-order valence-electron chi connectivity index (χ0n) is 16.5. The van der Waals surface area contributed by atoms with Gasteiger partial charge in [-0.25, -0.2) is 4.79 Å². The van der Waals surface area contributed by atoms with Crippen LogP contribution in [0.1, 0.15) is 11.1 Å². The maximum Gasteiger partial charge on any atom is 0.431 e. The van der Waals surface area contributed by atoms with E-state index in [0.717, 1.165) is 27.7 Å². The molecule has 0 fully saturated rings. The van der Waals surface area contributed by atoms with Gasteiger partial charge in [0.15, 0.2) is 0 Å². The quantitative estimate of drug-likeness (QED) is 0.424. The molecular weight excluding hydrogens is 384 g/mol. The Morgan fingerprint density at radius 1 is 0.900 bits per heavy atom. The Morgan fingerprint density at radius 2 is 1.63 bits per heavy atom. The zero-order chi connectivity index (χ0) is 21.2. The fourth-order valence-electron chi connectivity index (χ4n) is 2.60. The molecule has 0 aliphatic rings. The third-order valence-corrected chi connectivity index (χ3v) is 4.07. The van der Waals surface area contributed by atoms with Crippen molar-refractivity contribution in [2.24, 2.45) is 0 Å². The van der Waals surface area contributed by atoms with Crippen molar-refractivity contribution in [1.82, 2.24) is 10.4 Å². The van der Waals surface area contributed by atoms with Gasteiger partial charge in [0, 0.05) is 7.05 Å². The van der Waals surface area contributed by atoms with Gasteiger partial charge < -0.3 is 19.6 Å². The summed E-state index contributed by atoms with van der Waals surface area (Å²) in [5.74, 6) is 2.19. The van der Waals surface area contributed by atoms with Crippen molar-refractivity contribution < 1.29 is 23.9 Å². The number of benzene rings is 3. The molecule has 0 radical (unpaired) electrons. The van der Waals surface area contributed by atoms with Gasteiger partial charge in [-0.05, 0) is 47.5 Å². The second kappa shape index (κ2) is 10.5. The number of ether oxygens (including phenoxy) is 2. The van der Waals surface area contributed by atoms with Crippen LogP contribution in [0.5, 0.6) is 17.2 Å². The maximum atomic E-state index is 11.2. The summed E-state index contributed by atoms with van der Waals surface area (Å²) in [7, 11) is 1.42. The van der Waals surface area contributed by atoms with Gasteiger partial charge in [0.05, 0.1) is 6.54 Å². The van der Waals surface area contributed by atoms with E-state index in [1.54, 1.807) is 24.3 Å². The predicted octanol–water partition coefficient (Wildman–Crippen LogP) is 4.29. The highest BCUT2D eigenvalue weighted by Gasteiger charge is 2.09. The van der Waals surface area contributed by atoms with Crippen LogP contribution in [0.15, 0.2) is 78.9 Å². The minimum absolute atomic E-state index is 0.135. The second-order valence-electron chi connectivity index (χ2n) is 6.30. The molecule has 7 heteroatoms. The molecule has 0 bridgehead atoms. The van der Waals surface area contributed by atoms with Crippen LogP contribution in [0.4, 0.5) is 4.79 Å². The van der Waals surface area contributed by atoms with Crippen molar-refractivity contribution in [3.63, 3.8) is 0 Å². The smallest absolute Gasteiger partial charge is 0.431 e. The summed E-state index contributed by atoms with van der Waals surface area (Å²) in [4.78, 5) is 27.0. The van der Waals surface area contributed by atoms with Crippen LogP contribution in [-0.2, 0) is 22.8 Å². The fraction of sp³-hybridized carbons (Fsp3) is 0.130. The molecule has 0 saturated heterocycles. The standard InChI is InChI=1S/C23H22N2O5/c1-24-23(27)30-25(17-26)15-18-10-12-20(13-11-18)28-16-19-6-5-9-22(14-19)29-21-7-3-2-4-8-21/h2-14,17H,15-16H2,1H3,(H,24,27). The van der Waals surface area contributed by atoms with Gasteiger partial charge in [-0.2, -0.15) is 5.06 Å². The number of amides is 2. The van der Waals surface area contributed by atoms with E-state index in [2.05, 4.69) is 5.32 Å². The van der Waals surface area contributed by atoms with Crippen molar-refractivity contribution in [1.29, 1.82) is 0 Å². The minimum atomic E-state index is -0.708. The van der Waals surface area contributed by atoms with Crippen molar-refractivity contribution in [2.45, 2.75) is 13.2 Å². The van der Waals surface area contributed by atoms with Crippen molar-refractivity contribution >= 4 is 12.5 Å². The summed E-state index contributed by atoms with van der Waals surface area (Å²) in [5, 5.41) is 3.19. The molecular formula is C23H22N2O5. The molecule has 0 aromatic heterocycles. The Hall–Kier alpha value is -4.00. The van der Waals surface area contributed by atoms with Gasteiger partial charge >= 0.3 is 6.09 Å². The van der Waals surface area contributed by atoms with E-state index in [0.29, 0.717) is 18.8 Å². The van der Waals surface area contributed by atoms with Gasteiger partial charge in [-0.1, -0.05) is 42.5 Å². The molecule has 3 rings (SSSR count). The lowest BCUT2D eigenvalue weighted by atomic mass is 10.2. The van der Waals surface area contributed by atoms with E-state index in [1.165, 1.54) is 7.05 Å². The largest absolute Gasteiger partial charge is 0.489 e. The molecule has 0 atom stereocenters. The number of hydrogen-bond donors (Lipinski definition) is 1. The third-order valence-electron chi connectivity index (χ3n) is 4.07. The average Bonchev–Trinajstić information content (AvgIpc) is 2.79. The number of para-hydroxylation sites is 1. The number of hydroxylamine groups is 2. The highest BCUT2D eigenvalue weighted by atomic mass is 16.7. The van der Waals surface area contributed by atoms with Crippen molar-refractivity contribution in [2.75, 3.05) is 7.05 Å². The highest BCUT2D eigenvalue weighted by molar-refractivity contribution is 5.67. The lowest BCUT2D eigenvalue weighted by molar-refractivity contribution is -0.152. The summed E-state index contributed by atoms with van der Waals surface area (Å²) in [6.07, 6.45) is -0.259. The molecule has 0 spiro atoms. The molecule has 3 aromatic carbocycles. The first-order valence-electron chi connectivity index (χ1n) is 9.31. The molecule has 30 heavy (non-hydrogen) atoms. The first-order valence-corrected chi connectivity index (χ1v) is 9.31. The normalized spacial score (nSPS) is 10.0.